The van der Waals surface area contributed by atoms with E-state index in [0.29, 0.717) is 0 Å². The lowest BCUT2D eigenvalue weighted by Gasteiger charge is -1.92. The van der Waals surface area contributed by atoms with Crippen molar-refractivity contribution in [1.82, 2.24) is 4.98 Å². The van der Waals surface area contributed by atoms with Gasteiger partial charge in [-0.3, -0.25) is 0 Å². The van der Waals surface area contributed by atoms with E-state index in [9.17, 15) is 0 Å². The lowest BCUT2D eigenvalue weighted by Crippen LogP contribution is -1.66. The predicted octanol–water partition coefficient (Wildman–Crippen LogP) is 4.74. The number of H-pyrrole nitrogens is 1. The topological polar surface area (TPSA) is 15.8 Å². The summed E-state index contributed by atoms with van der Waals surface area (Å²) in [5, 5.41) is 3.19. The van der Waals surface area contributed by atoms with E-state index in [1.165, 1.54) is 10.8 Å². The van der Waals surface area contributed by atoms with Crippen molar-refractivity contribution in [3.8, 4) is 0 Å². The van der Waals surface area contributed by atoms with Crippen LogP contribution in [0.3, 0.4) is 0 Å². The average molecular weight is 281 g/mol. The van der Waals surface area contributed by atoms with Gasteiger partial charge in [0.15, 0.2) is 0 Å². The van der Waals surface area contributed by atoms with Crippen LogP contribution in [0.2, 0.25) is 5.02 Å². The molecule has 0 saturated carbocycles. The van der Waals surface area contributed by atoms with Gasteiger partial charge in [0.2, 0.25) is 0 Å². The molecular formula is C12H7BrClN. The molecule has 0 atom stereocenters. The van der Waals surface area contributed by atoms with Gasteiger partial charge in [-0.05, 0) is 24.3 Å². The zero-order valence-electron chi connectivity index (χ0n) is 7.72. The summed E-state index contributed by atoms with van der Waals surface area (Å²) in [7, 11) is 0. The molecule has 0 spiro atoms. The minimum atomic E-state index is 0.758. The summed E-state index contributed by atoms with van der Waals surface area (Å²) in [6.07, 6.45) is 0. The predicted molar refractivity (Wildman–Crippen MR) is 68.5 cm³/mol. The third kappa shape index (κ3) is 1.45. The number of rotatable bonds is 0. The Balaban J connectivity index is 2.51. The van der Waals surface area contributed by atoms with Gasteiger partial charge < -0.3 is 4.98 Å². The van der Waals surface area contributed by atoms with Gasteiger partial charge in [-0.25, -0.2) is 0 Å². The standard InChI is InChI=1S/C12H7BrClN/c13-7-1-3-9-10-4-2-8(14)6-12(10)15-11(9)5-7/h1-6,15H. The number of fused-ring (bicyclic) bond motifs is 3. The van der Waals surface area contributed by atoms with Crippen molar-refractivity contribution in [3.05, 3.63) is 45.9 Å². The first-order chi connectivity index (χ1) is 7.24. The molecule has 1 nitrogen and oxygen atoms in total. The molecule has 3 rings (SSSR count). The molecule has 0 fully saturated rings. The Morgan fingerprint density at radius 1 is 0.933 bits per heavy atom. The molecule has 2 aromatic carbocycles. The van der Waals surface area contributed by atoms with Crippen LogP contribution in [0.1, 0.15) is 0 Å². The van der Waals surface area contributed by atoms with E-state index in [1.54, 1.807) is 0 Å². The van der Waals surface area contributed by atoms with Crippen LogP contribution in [-0.2, 0) is 0 Å². The molecule has 3 aromatic rings. The maximum absolute atomic E-state index is 5.95. The van der Waals surface area contributed by atoms with E-state index in [4.69, 9.17) is 11.6 Å². The fourth-order valence-corrected chi connectivity index (χ4v) is 2.39. The summed E-state index contributed by atoms with van der Waals surface area (Å²) in [5.74, 6) is 0. The minimum Gasteiger partial charge on any atom is -0.354 e. The molecule has 0 aliphatic heterocycles. The van der Waals surface area contributed by atoms with E-state index in [0.717, 1.165) is 20.5 Å². The van der Waals surface area contributed by atoms with Gasteiger partial charge in [-0.15, -0.1) is 0 Å². The van der Waals surface area contributed by atoms with E-state index >= 15 is 0 Å². The first kappa shape index (κ1) is 9.25. The van der Waals surface area contributed by atoms with Gasteiger partial charge >= 0.3 is 0 Å². The van der Waals surface area contributed by atoms with Crippen molar-refractivity contribution < 1.29 is 0 Å². The highest BCUT2D eigenvalue weighted by molar-refractivity contribution is 9.10. The normalized spacial score (nSPS) is 11.3. The Labute approximate surface area is 100 Å². The summed E-state index contributed by atoms with van der Waals surface area (Å²) < 4.78 is 1.08. The second-order valence-corrected chi connectivity index (χ2v) is 4.86. The van der Waals surface area contributed by atoms with Crippen LogP contribution in [0, 0.1) is 0 Å². The molecule has 1 aromatic heterocycles. The Hall–Kier alpha value is -0.990. The lowest BCUT2D eigenvalue weighted by atomic mass is 10.2. The molecule has 0 radical (unpaired) electrons. The Kier molecular flexibility index (Phi) is 2.01. The number of halogens is 2. The smallest absolute Gasteiger partial charge is 0.0479 e. The molecule has 0 aliphatic carbocycles. The summed E-state index contributed by atoms with van der Waals surface area (Å²) in [4.78, 5) is 3.35. The number of benzene rings is 2. The first-order valence-corrected chi connectivity index (χ1v) is 5.77. The van der Waals surface area contributed by atoms with Crippen LogP contribution in [0.15, 0.2) is 40.9 Å². The van der Waals surface area contributed by atoms with Gasteiger partial charge in [0.25, 0.3) is 0 Å². The van der Waals surface area contributed by atoms with Gasteiger partial charge in [0.1, 0.15) is 0 Å². The molecule has 0 amide bonds. The highest BCUT2D eigenvalue weighted by Gasteiger charge is 2.04. The van der Waals surface area contributed by atoms with Crippen LogP contribution >= 0.6 is 27.5 Å². The quantitative estimate of drug-likeness (QED) is 0.612. The minimum absolute atomic E-state index is 0.758. The van der Waals surface area contributed by atoms with E-state index in [2.05, 4.69) is 33.0 Å². The van der Waals surface area contributed by atoms with E-state index < -0.39 is 0 Å². The third-order valence-electron chi connectivity index (χ3n) is 2.52. The van der Waals surface area contributed by atoms with Crippen LogP contribution in [-0.4, -0.2) is 4.98 Å². The van der Waals surface area contributed by atoms with Crippen molar-refractivity contribution in [3.63, 3.8) is 0 Å². The molecule has 74 valence electrons. The second kappa shape index (κ2) is 3.26. The third-order valence-corrected chi connectivity index (χ3v) is 3.25. The summed E-state index contributed by atoms with van der Waals surface area (Å²) in [6.45, 7) is 0. The van der Waals surface area contributed by atoms with Crippen molar-refractivity contribution in [2.45, 2.75) is 0 Å². The molecule has 1 N–H and O–H groups in total. The Morgan fingerprint density at radius 3 is 2.40 bits per heavy atom. The molecule has 15 heavy (non-hydrogen) atoms. The van der Waals surface area contributed by atoms with Crippen LogP contribution in [0.4, 0.5) is 0 Å². The molecule has 3 heteroatoms. The average Bonchev–Trinajstić information content (AvgIpc) is 2.53. The number of nitrogens with one attached hydrogen (secondary N) is 1. The van der Waals surface area contributed by atoms with Gasteiger partial charge in [0, 0.05) is 31.3 Å². The van der Waals surface area contributed by atoms with Gasteiger partial charge in [0.05, 0.1) is 0 Å². The highest BCUT2D eigenvalue weighted by atomic mass is 79.9. The SMILES string of the molecule is Clc1ccc2c(c1)[nH]c1cc(Br)ccc12. The fraction of sp³-hybridized carbons (Fsp3) is 0. The van der Waals surface area contributed by atoms with Crippen LogP contribution < -0.4 is 0 Å². The lowest BCUT2D eigenvalue weighted by molar-refractivity contribution is 1.54. The number of hydrogen-bond acceptors (Lipinski definition) is 0. The number of aromatic nitrogens is 1. The van der Waals surface area contributed by atoms with Gasteiger partial charge in [-0.1, -0.05) is 39.7 Å². The second-order valence-electron chi connectivity index (χ2n) is 3.50. The zero-order valence-corrected chi connectivity index (χ0v) is 10.1. The largest absolute Gasteiger partial charge is 0.354 e. The maximum Gasteiger partial charge on any atom is 0.0479 e. The van der Waals surface area contributed by atoms with Crippen molar-refractivity contribution >= 4 is 49.3 Å². The van der Waals surface area contributed by atoms with Crippen molar-refractivity contribution in [1.29, 1.82) is 0 Å². The monoisotopic (exact) mass is 279 g/mol. The van der Waals surface area contributed by atoms with E-state index in [-0.39, 0.29) is 0 Å². The zero-order chi connectivity index (χ0) is 10.4. The Bertz CT molecular complexity index is 601. The molecule has 1 heterocycles. The summed E-state index contributed by atoms with van der Waals surface area (Å²) >= 11 is 9.41. The molecule has 0 bridgehead atoms. The Morgan fingerprint density at radius 2 is 1.60 bits per heavy atom. The summed E-state index contributed by atoms with van der Waals surface area (Å²) in [5.41, 5.74) is 2.21. The van der Waals surface area contributed by atoms with Crippen molar-refractivity contribution in [2.75, 3.05) is 0 Å². The number of hydrogen-bond donors (Lipinski definition) is 1. The summed E-state index contributed by atoms with van der Waals surface area (Å²) in [6, 6.07) is 12.1. The molecule has 0 aliphatic rings. The highest BCUT2D eigenvalue weighted by Crippen LogP contribution is 2.29. The van der Waals surface area contributed by atoms with Crippen molar-refractivity contribution in [2.24, 2.45) is 0 Å². The molecule has 0 unspecified atom stereocenters. The van der Waals surface area contributed by atoms with Crippen LogP contribution in [0.25, 0.3) is 21.8 Å². The first-order valence-electron chi connectivity index (χ1n) is 4.60. The molecule has 0 saturated heterocycles. The maximum atomic E-state index is 5.95. The van der Waals surface area contributed by atoms with Gasteiger partial charge in [-0.2, -0.15) is 0 Å². The fourth-order valence-electron chi connectivity index (χ4n) is 1.85. The molecular weight excluding hydrogens is 273 g/mol. The van der Waals surface area contributed by atoms with E-state index in [1.807, 2.05) is 24.3 Å². The van der Waals surface area contributed by atoms with Crippen LogP contribution in [0.5, 0.6) is 0 Å². The number of aromatic amines is 1.